The molecule has 2 nitrogen and oxygen atoms in total. The van der Waals surface area contributed by atoms with Crippen LogP contribution in [0.3, 0.4) is 0 Å². The Bertz CT molecular complexity index is 346. The first kappa shape index (κ1) is 12.0. The first-order valence-corrected chi connectivity index (χ1v) is 5.32. The van der Waals surface area contributed by atoms with E-state index in [0.717, 1.165) is 5.56 Å². The van der Waals surface area contributed by atoms with E-state index in [1.165, 1.54) is 0 Å². The Hall–Kier alpha value is -1.09. The van der Waals surface area contributed by atoms with Crippen molar-refractivity contribution in [2.24, 2.45) is 5.92 Å². The highest BCUT2D eigenvalue weighted by atomic mass is 32.1. The number of thiol groups is 1. The zero-order valence-electron chi connectivity index (χ0n) is 8.64. The van der Waals surface area contributed by atoms with Gasteiger partial charge in [0.1, 0.15) is 5.78 Å². The van der Waals surface area contributed by atoms with Crippen LogP contribution >= 0.6 is 12.6 Å². The Morgan fingerprint density at radius 3 is 2.40 bits per heavy atom. The van der Waals surface area contributed by atoms with Crippen molar-refractivity contribution in [1.29, 1.82) is 0 Å². The number of Topliss-reactive ketones (excluding diaryl/α,β-unsaturated/α-hetero) is 1. The van der Waals surface area contributed by atoms with Crippen LogP contribution in [-0.2, 0) is 16.0 Å². The third-order valence-electron chi connectivity index (χ3n) is 2.26. The second kappa shape index (κ2) is 5.71. The SMILES string of the molecule is CC(Cc1ccccc1)C(=O)CC(=O)S. The van der Waals surface area contributed by atoms with Gasteiger partial charge in [-0.25, -0.2) is 0 Å². The van der Waals surface area contributed by atoms with E-state index >= 15 is 0 Å². The van der Waals surface area contributed by atoms with Gasteiger partial charge in [0.15, 0.2) is 5.12 Å². The molecule has 0 aliphatic rings. The van der Waals surface area contributed by atoms with E-state index in [-0.39, 0.29) is 23.2 Å². The fraction of sp³-hybridized carbons (Fsp3) is 0.333. The molecule has 0 saturated carbocycles. The monoisotopic (exact) mass is 222 g/mol. The first-order chi connectivity index (χ1) is 7.09. The van der Waals surface area contributed by atoms with Crippen LogP contribution in [0.2, 0.25) is 0 Å². The molecule has 0 aromatic heterocycles. The third-order valence-corrected chi connectivity index (χ3v) is 2.42. The summed E-state index contributed by atoms with van der Waals surface area (Å²) in [5, 5.41) is -0.361. The van der Waals surface area contributed by atoms with E-state index in [1.54, 1.807) is 0 Å². The van der Waals surface area contributed by atoms with Gasteiger partial charge in [0.2, 0.25) is 0 Å². The van der Waals surface area contributed by atoms with Gasteiger partial charge in [-0.1, -0.05) is 37.3 Å². The molecule has 0 N–H and O–H groups in total. The number of ketones is 1. The van der Waals surface area contributed by atoms with Gasteiger partial charge in [-0.3, -0.25) is 9.59 Å². The van der Waals surface area contributed by atoms with Crippen molar-refractivity contribution in [3.63, 3.8) is 0 Å². The predicted molar refractivity (Wildman–Crippen MR) is 62.9 cm³/mol. The first-order valence-electron chi connectivity index (χ1n) is 4.88. The lowest BCUT2D eigenvalue weighted by Gasteiger charge is -2.08. The normalized spacial score (nSPS) is 12.1. The molecule has 0 bridgehead atoms. The molecule has 1 rings (SSSR count). The molecule has 1 atom stereocenters. The molecule has 3 heteroatoms. The molecule has 0 radical (unpaired) electrons. The van der Waals surface area contributed by atoms with Crippen LogP contribution in [0.15, 0.2) is 30.3 Å². The fourth-order valence-electron chi connectivity index (χ4n) is 1.40. The highest BCUT2D eigenvalue weighted by Crippen LogP contribution is 2.11. The summed E-state index contributed by atoms with van der Waals surface area (Å²) in [6.07, 6.45) is 0.609. The van der Waals surface area contributed by atoms with Crippen LogP contribution in [0.1, 0.15) is 18.9 Å². The van der Waals surface area contributed by atoms with Gasteiger partial charge in [0.05, 0.1) is 6.42 Å². The highest BCUT2D eigenvalue weighted by molar-refractivity contribution is 7.96. The van der Waals surface area contributed by atoms with E-state index in [0.29, 0.717) is 6.42 Å². The van der Waals surface area contributed by atoms with Crippen LogP contribution in [0.25, 0.3) is 0 Å². The lowest BCUT2D eigenvalue weighted by atomic mass is 9.96. The Labute approximate surface area is 95.1 Å². The number of benzene rings is 1. The number of carbonyl (C=O) groups excluding carboxylic acids is 2. The standard InChI is InChI=1S/C12H14O2S/c1-9(11(13)8-12(14)15)7-10-5-3-2-4-6-10/h2-6,9H,7-8H2,1H3,(H,14,15). The molecule has 0 saturated heterocycles. The number of hydrogen-bond donors (Lipinski definition) is 1. The van der Waals surface area contributed by atoms with E-state index in [1.807, 2.05) is 37.3 Å². The lowest BCUT2D eigenvalue weighted by Crippen LogP contribution is -2.15. The van der Waals surface area contributed by atoms with E-state index in [4.69, 9.17) is 0 Å². The quantitative estimate of drug-likeness (QED) is 0.612. The van der Waals surface area contributed by atoms with Crippen molar-refractivity contribution < 1.29 is 9.59 Å². The van der Waals surface area contributed by atoms with Crippen molar-refractivity contribution in [3.05, 3.63) is 35.9 Å². The molecule has 0 aliphatic heterocycles. The number of carbonyl (C=O) groups is 2. The zero-order valence-corrected chi connectivity index (χ0v) is 9.54. The lowest BCUT2D eigenvalue weighted by molar-refractivity contribution is -0.125. The Kier molecular flexibility index (Phi) is 4.56. The van der Waals surface area contributed by atoms with Gasteiger partial charge in [0, 0.05) is 5.92 Å². The largest absolute Gasteiger partial charge is 0.299 e. The average molecular weight is 222 g/mol. The van der Waals surface area contributed by atoms with Gasteiger partial charge in [-0.15, -0.1) is 12.6 Å². The summed E-state index contributed by atoms with van der Waals surface area (Å²) in [6, 6.07) is 9.78. The summed E-state index contributed by atoms with van der Waals surface area (Å²) >= 11 is 3.60. The molecule has 1 unspecified atom stereocenters. The highest BCUT2D eigenvalue weighted by Gasteiger charge is 2.15. The smallest absolute Gasteiger partial charge is 0.193 e. The number of rotatable bonds is 5. The van der Waals surface area contributed by atoms with Gasteiger partial charge in [-0.05, 0) is 12.0 Å². The summed E-state index contributed by atoms with van der Waals surface area (Å²) in [7, 11) is 0. The fourth-order valence-corrected chi connectivity index (χ4v) is 1.56. The van der Waals surface area contributed by atoms with Crippen molar-refractivity contribution in [2.75, 3.05) is 0 Å². The molecule has 1 aromatic carbocycles. The Morgan fingerprint density at radius 2 is 1.87 bits per heavy atom. The van der Waals surface area contributed by atoms with E-state index < -0.39 is 0 Å². The molecular formula is C12H14O2S. The van der Waals surface area contributed by atoms with E-state index in [2.05, 4.69) is 12.6 Å². The molecule has 1 aromatic rings. The molecule has 0 spiro atoms. The minimum Gasteiger partial charge on any atom is -0.299 e. The predicted octanol–water partition coefficient (Wildman–Crippen LogP) is 2.28. The van der Waals surface area contributed by atoms with Crippen molar-refractivity contribution in [3.8, 4) is 0 Å². The van der Waals surface area contributed by atoms with Crippen LogP contribution in [0.4, 0.5) is 0 Å². The molecule has 0 heterocycles. The summed E-state index contributed by atoms with van der Waals surface area (Å²) in [5.41, 5.74) is 1.12. The maximum Gasteiger partial charge on any atom is 0.193 e. The molecule has 0 fully saturated rings. The van der Waals surface area contributed by atoms with Crippen molar-refractivity contribution in [1.82, 2.24) is 0 Å². The maximum atomic E-state index is 11.5. The molecule has 80 valence electrons. The second-order valence-electron chi connectivity index (χ2n) is 3.63. The molecular weight excluding hydrogens is 208 g/mol. The summed E-state index contributed by atoms with van der Waals surface area (Å²) < 4.78 is 0. The minimum atomic E-state index is -0.361. The van der Waals surface area contributed by atoms with Crippen LogP contribution in [0.5, 0.6) is 0 Å². The molecule has 0 amide bonds. The Morgan fingerprint density at radius 1 is 1.27 bits per heavy atom. The van der Waals surface area contributed by atoms with Crippen LogP contribution in [-0.4, -0.2) is 10.9 Å². The zero-order chi connectivity index (χ0) is 11.3. The number of hydrogen-bond acceptors (Lipinski definition) is 2. The summed E-state index contributed by atoms with van der Waals surface area (Å²) in [6.45, 7) is 1.84. The Balaban J connectivity index is 2.52. The van der Waals surface area contributed by atoms with Gasteiger partial charge in [0.25, 0.3) is 0 Å². The van der Waals surface area contributed by atoms with Crippen LogP contribution < -0.4 is 0 Å². The van der Waals surface area contributed by atoms with Gasteiger partial charge < -0.3 is 0 Å². The summed E-state index contributed by atoms with van der Waals surface area (Å²) in [4.78, 5) is 22.1. The summed E-state index contributed by atoms with van der Waals surface area (Å²) in [5.74, 6) is -0.164. The molecule has 15 heavy (non-hydrogen) atoms. The third kappa shape index (κ3) is 4.30. The van der Waals surface area contributed by atoms with Gasteiger partial charge >= 0.3 is 0 Å². The van der Waals surface area contributed by atoms with Crippen molar-refractivity contribution >= 4 is 23.5 Å². The van der Waals surface area contributed by atoms with E-state index in [9.17, 15) is 9.59 Å². The average Bonchev–Trinajstić information content (AvgIpc) is 2.18. The van der Waals surface area contributed by atoms with Gasteiger partial charge in [-0.2, -0.15) is 0 Å². The second-order valence-corrected chi connectivity index (χ2v) is 4.13. The topological polar surface area (TPSA) is 34.1 Å². The van der Waals surface area contributed by atoms with Crippen molar-refractivity contribution in [2.45, 2.75) is 19.8 Å². The minimum absolute atomic E-state index is 0.0427. The maximum absolute atomic E-state index is 11.5. The van der Waals surface area contributed by atoms with Crippen LogP contribution in [0, 0.1) is 5.92 Å². The molecule has 0 aliphatic carbocycles.